The number of hydrogen-bond donors (Lipinski definition) is 1. The highest BCUT2D eigenvalue weighted by Gasteiger charge is 2.27. The number of amides is 2. The molecule has 2 aromatic rings. The second-order valence-electron chi connectivity index (χ2n) is 6.98. The van der Waals surface area contributed by atoms with Gasteiger partial charge in [0.25, 0.3) is 0 Å². The van der Waals surface area contributed by atoms with Crippen molar-refractivity contribution < 1.29 is 9.59 Å². The zero-order valence-corrected chi connectivity index (χ0v) is 19.7. The fraction of sp³-hybridized carbons (Fsp3) is 0.391. The summed E-state index contributed by atoms with van der Waals surface area (Å²) in [7, 11) is 0. The van der Waals surface area contributed by atoms with Crippen LogP contribution in [-0.4, -0.2) is 35.1 Å². The molecule has 0 aliphatic carbocycles. The van der Waals surface area contributed by atoms with E-state index in [0.29, 0.717) is 34.3 Å². The van der Waals surface area contributed by atoms with Crippen molar-refractivity contribution >= 4 is 46.8 Å². The van der Waals surface area contributed by atoms with E-state index in [0.717, 1.165) is 12.2 Å². The predicted octanol–water partition coefficient (Wildman–Crippen LogP) is 5.56. The van der Waals surface area contributed by atoms with E-state index < -0.39 is 6.04 Å². The van der Waals surface area contributed by atoms with E-state index in [1.54, 1.807) is 41.8 Å². The van der Waals surface area contributed by atoms with Crippen LogP contribution in [0.25, 0.3) is 0 Å². The standard InChI is InChI=1S/C23H28Cl2N2O2S/c1-3-13-26-23(29)17(2)27(15-19-20(24)10-7-11-21(19)25)22(28)12-14-30-16-18-8-5-4-6-9-18/h4-11,17H,3,12-16H2,1-2H3,(H,26,29). The highest BCUT2D eigenvalue weighted by molar-refractivity contribution is 7.98. The molecule has 162 valence electrons. The molecule has 30 heavy (non-hydrogen) atoms. The Morgan fingerprint density at radius 3 is 2.37 bits per heavy atom. The molecule has 1 unspecified atom stereocenters. The van der Waals surface area contributed by atoms with Gasteiger partial charge in [0.15, 0.2) is 0 Å². The van der Waals surface area contributed by atoms with Gasteiger partial charge >= 0.3 is 0 Å². The summed E-state index contributed by atoms with van der Waals surface area (Å²) in [5.74, 6) is 1.25. The predicted molar refractivity (Wildman–Crippen MR) is 127 cm³/mol. The van der Waals surface area contributed by atoms with E-state index in [4.69, 9.17) is 23.2 Å². The lowest BCUT2D eigenvalue weighted by Gasteiger charge is -2.29. The highest BCUT2D eigenvalue weighted by Crippen LogP contribution is 2.27. The van der Waals surface area contributed by atoms with Crippen LogP contribution >= 0.6 is 35.0 Å². The average Bonchev–Trinajstić information content (AvgIpc) is 2.75. The zero-order chi connectivity index (χ0) is 21.9. The number of halogens is 2. The Morgan fingerprint density at radius 2 is 1.73 bits per heavy atom. The molecule has 0 fully saturated rings. The first-order valence-electron chi connectivity index (χ1n) is 10.1. The zero-order valence-electron chi connectivity index (χ0n) is 17.4. The van der Waals surface area contributed by atoms with Crippen LogP contribution in [-0.2, 0) is 21.9 Å². The Hall–Kier alpha value is -1.69. The van der Waals surface area contributed by atoms with Crippen molar-refractivity contribution in [3.8, 4) is 0 Å². The molecule has 0 aliphatic rings. The van der Waals surface area contributed by atoms with E-state index in [1.807, 2.05) is 25.1 Å². The fourth-order valence-corrected chi connectivity index (χ4v) is 4.31. The Balaban J connectivity index is 2.05. The molecule has 0 aliphatic heterocycles. The molecule has 7 heteroatoms. The molecular weight excluding hydrogens is 439 g/mol. The van der Waals surface area contributed by atoms with E-state index in [9.17, 15) is 9.59 Å². The smallest absolute Gasteiger partial charge is 0.242 e. The Kier molecular flexibility index (Phi) is 10.6. The molecular formula is C23H28Cl2N2O2S. The van der Waals surface area contributed by atoms with E-state index in [-0.39, 0.29) is 18.4 Å². The van der Waals surface area contributed by atoms with Crippen molar-refractivity contribution in [2.24, 2.45) is 0 Å². The maximum atomic E-state index is 13.0. The topological polar surface area (TPSA) is 49.4 Å². The summed E-state index contributed by atoms with van der Waals surface area (Å²) in [4.78, 5) is 27.2. The Labute approximate surface area is 193 Å². The number of benzene rings is 2. The third kappa shape index (κ3) is 7.53. The number of nitrogens with one attached hydrogen (secondary N) is 1. The minimum Gasteiger partial charge on any atom is -0.354 e. The molecule has 0 heterocycles. The van der Waals surface area contributed by atoms with Gasteiger partial charge in [-0.25, -0.2) is 0 Å². The largest absolute Gasteiger partial charge is 0.354 e. The molecule has 4 nitrogen and oxygen atoms in total. The first kappa shape index (κ1) is 24.6. The second kappa shape index (κ2) is 12.9. The quantitative estimate of drug-likeness (QED) is 0.440. The molecule has 0 spiro atoms. The van der Waals surface area contributed by atoms with Gasteiger partial charge in [-0.1, -0.05) is 66.5 Å². The van der Waals surface area contributed by atoms with Crippen molar-refractivity contribution in [2.45, 2.75) is 45.0 Å². The molecule has 0 radical (unpaired) electrons. The van der Waals surface area contributed by atoms with Gasteiger partial charge in [0.1, 0.15) is 6.04 Å². The molecule has 2 rings (SSSR count). The summed E-state index contributed by atoms with van der Waals surface area (Å²) >= 11 is 14.3. The van der Waals surface area contributed by atoms with Gasteiger partial charge in [0, 0.05) is 46.6 Å². The van der Waals surface area contributed by atoms with Crippen LogP contribution in [0.5, 0.6) is 0 Å². The Bertz CT molecular complexity index is 813. The SMILES string of the molecule is CCCNC(=O)C(C)N(Cc1c(Cl)cccc1Cl)C(=O)CCSCc1ccccc1. The van der Waals surface area contributed by atoms with Gasteiger partial charge < -0.3 is 10.2 Å². The lowest BCUT2D eigenvalue weighted by molar-refractivity contribution is -0.140. The third-order valence-electron chi connectivity index (χ3n) is 4.68. The molecule has 1 N–H and O–H groups in total. The minimum atomic E-state index is -0.615. The van der Waals surface area contributed by atoms with Crippen LogP contribution in [0.4, 0.5) is 0 Å². The number of hydrogen-bond acceptors (Lipinski definition) is 3. The van der Waals surface area contributed by atoms with Crippen LogP contribution in [0.15, 0.2) is 48.5 Å². The molecule has 0 saturated heterocycles. The normalized spacial score (nSPS) is 11.7. The molecule has 1 atom stereocenters. The van der Waals surface area contributed by atoms with Crippen LogP contribution < -0.4 is 5.32 Å². The maximum Gasteiger partial charge on any atom is 0.242 e. The van der Waals surface area contributed by atoms with E-state index in [2.05, 4.69) is 17.4 Å². The lowest BCUT2D eigenvalue weighted by Crippen LogP contribution is -2.47. The number of rotatable bonds is 11. The minimum absolute atomic E-state index is 0.0919. The van der Waals surface area contributed by atoms with Crippen molar-refractivity contribution in [1.82, 2.24) is 10.2 Å². The molecule has 2 amide bonds. The fourth-order valence-electron chi connectivity index (χ4n) is 2.90. The van der Waals surface area contributed by atoms with Crippen molar-refractivity contribution in [3.63, 3.8) is 0 Å². The Morgan fingerprint density at radius 1 is 1.07 bits per heavy atom. The summed E-state index contributed by atoms with van der Waals surface area (Å²) in [6.45, 7) is 4.50. The van der Waals surface area contributed by atoms with Crippen molar-refractivity contribution in [1.29, 1.82) is 0 Å². The van der Waals surface area contributed by atoms with E-state index >= 15 is 0 Å². The maximum absolute atomic E-state index is 13.0. The van der Waals surface area contributed by atoms with Crippen LogP contribution in [0.2, 0.25) is 10.0 Å². The summed E-state index contributed by atoms with van der Waals surface area (Å²) in [6, 6.07) is 14.8. The van der Waals surface area contributed by atoms with Crippen LogP contribution in [0, 0.1) is 0 Å². The van der Waals surface area contributed by atoms with Crippen molar-refractivity contribution in [3.05, 3.63) is 69.7 Å². The number of carbonyl (C=O) groups is 2. The number of thioether (sulfide) groups is 1. The lowest BCUT2D eigenvalue weighted by atomic mass is 10.1. The van der Waals surface area contributed by atoms with Crippen molar-refractivity contribution in [2.75, 3.05) is 12.3 Å². The third-order valence-corrected chi connectivity index (χ3v) is 6.42. The molecule has 0 saturated carbocycles. The van der Waals surface area contributed by atoms with E-state index in [1.165, 1.54) is 5.56 Å². The number of carbonyl (C=O) groups excluding carboxylic acids is 2. The van der Waals surface area contributed by atoms with Gasteiger partial charge in [0.2, 0.25) is 11.8 Å². The van der Waals surface area contributed by atoms with Gasteiger partial charge in [-0.05, 0) is 31.0 Å². The molecule has 0 bridgehead atoms. The van der Waals surface area contributed by atoms with Crippen LogP contribution in [0.1, 0.15) is 37.8 Å². The molecule has 2 aromatic carbocycles. The molecule has 0 aromatic heterocycles. The van der Waals surface area contributed by atoms with Crippen LogP contribution in [0.3, 0.4) is 0 Å². The summed E-state index contributed by atoms with van der Waals surface area (Å²) in [5.41, 5.74) is 1.88. The van der Waals surface area contributed by atoms with Gasteiger partial charge in [-0.15, -0.1) is 0 Å². The summed E-state index contributed by atoms with van der Waals surface area (Å²) in [6.07, 6.45) is 1.17. The first-order valence-corrected chi connectivity index (χ1v) is 12.0. The van der Waals surface area contributed by atoms with Gasteiger partial charge in [-0.3, -0.25) is 9.59 Å². The van der Waals surface area contributed by atoms with Gasteiger partial charge in [0.05, 0.1) is 0 Å². The highest BCUT2D eigenvalue weighted by atomic mass is 35.5. The summed E-state index contributed by atoms with van der Waals surface area (Å²) < 4.78 is 0. The first-order chi connectivity index (χ1) is 14.4. The number of nitrogens with zero attached hydrogens (tertiary/aromatic N) is 1. The summed E-state index contributed by atoms with van der Waals surface area (Å²) in [5, 5.41) is 3.84. The monoisotopic (exact) mass is 466 g/mol. The second-order valence-corrected chi connectivity index (χ2v) is 8.90. The average molecular weight is 467 g/mol. The van der Waals surface area contributed by atoms with Gasteiger partial charge in [-0.2, -0.15) is 11.8 Å².